The van der Waals surface area contributed by atoms with Crippen molar-refractivity contribution in [3.05, 3.63) is 0 Å². The first-order valence-electron chi connectivity index (χ1n) is 14.1. The summed E-state index contributed by atoms with van der Waals surface area (Å²) in [5, 5.41) is 11.1. The second-order valence-electron chi connectivity index (χ2n) is 14.6. The van der Waals surface area contributed by atoms with Gasteiger partial charge < -0.3 is 9.84 Å². The smallest absolute Gasteiger partial charge is 0.0648 e. The molecular formula is C30H54O2. The summed E-state index contributed by atoms with van der Waals surface area (Å²) in [5.41, 5.74) is 0.821. The molecule has 0 aliphatic heterocycles. The van der Waals surface area contributed by atoms with E-state index in [-0.39, 0.29) is 0 Å². The van der Waals surface area contributed by atoms with Gasteiger partial charge in [0.2, 0.25) is 0 Å². The van der Waals surface area contributed by atoms with Crippen molar-refractivity contribution in [1.29, 1.82) is 0 Å². The second-order valence-corrected chi connectivity index (χ2v) is 14.6. The third kappa shape index (κ3) is 4.12. The Morgan fingerprint density at radius 3 is 2.34 bits per heavy atom. The summed E-state index contributed by atoms with van der Waals surface area (Å²) in [6, 6.07) is 0. The largest absolute Gasteiger partial charge is 0.390 e. The van der Waals surface area contributed by atoms with Crippen molar-refractivity contribution in [2.24, 2.45) is 51.8 Å². The summed E-state index contributed by atoms with van der Waals surface area (Å²) in [6.45, 7) is 17.2. The number of ether oxygens (including phenoxy) is 1. The van der Waals surface area contributed by atoms with E-state index in [0.717, 1.165) is 42.9 Å². The summed E-state index contributed by atoms with van der Waals surface area (Å²) >= 11 is 0. The molecule has 0 saturated heterocycles. The SMILES string of the molecule is CC[C@]1(O)CC[C@@]2(C)[C@@H](CC[C@@H]3[C@@H]2[C@@H](OC)C[C@]2(C)[C@@H]([C@H](C)CCC(C)(C)C)CC[C@@H]32)C1. The predicted molar refractivity (Wildman–Crippen MR) is 134 cm³/mol. The molecule has 10 atom stereocenters. The molecule has 0 radical (unpaired) electrons. The Kier molecular flexibility index (Phi) is 6.68. The van der Waals surface area contributed by atoms with Gasteiger partial charge in [-0.25, -0.2) is 0 Å². The van der Waals surface area contributed by atoms with Crippen LogP contribution >= 0.6 is 0 Å². The van der Waals surface area contributed by atoms with E-state index in [2.05, 4.69) is 48.5 Å². The molecule has 2 heteroatoms. The van der Waals surface area contributed by atoms with Crippen LogP contribution in [0.2, 0.25) is 0 Å². The monoisotopic (exact) mass is 446 g/mol. The van der Waals surface area contributed by atoms with Crippen LogP contribution in [0.25, 0.3) is 0 Å². The van der Waals surface area contributed by atoms with Gasteiger partial charge >= 0.3 is 0 Å². The van der Waals surface area contributed by atoms with Gasteiger partial charge in [-0.3, -0.25) is 0 Å². The average molecular weight is 447 g/mol. The molecule has 4 saturated carbocycles. The van der Waals surface area contributed by atoms with Gasteiger partial charge in [0.1, 0.15) is 0 Å². The lowest BCUT2D eigenvalue weighted by Gasteiger charge is -2.64. The van der Waals surface area contributed by atoms with Crippen molar-refractivity contribution < 1.29 is 9.84 Å². The Hall–Kier alpha value is -0.0800. The van der Waals surface area contributed by atoms with Gasteiger partial charge in [-0.2, -0.15) is 0 Å². The van der Waals surface area contributed by atoms with Crippen LogP contribution in [0.4, 0.5) is 0 Å². The molecule has 4 aliphatic rings. The van der Waals surface area contributed by atoms with Gasteiger partial charge in [-0.15, -0.1) is 0 Å². The zero-order chi connectivity index (χ0) is 23.5. The highest BCUT2D eigenvalue weighted by Gasteiger charge is 2.64. The van der Waals surface area contributed by atoms with Crippen LogP contribution in [-0.2, 0) is 4.74 Å². The maximum atomic E-state index is 11.1. The van der Waals surface area contributed by atoms with Crippen molar-refractivity contribution in [1.82, 2.24) is 0 Å². The van der Waals surface area contributed by atoms with Gasteiger partial charge in [0.15, 0.2) is 0 Å². The van der Waals surface area contributed by atoms with Gasteiger partial charge in [-0.1, -0.05) is 48.5 Å². The first-order chi connectivity index (χ1) is 14.9. The fourth-order valence-corrected chi connectivity index (χ4v) is 9.79. The van der Waals surface area contributed by atoms with E-state index in [1.807, 2.05) is 7.11 Å². The van der Waals surface area contributed by atoms with E-state index < -0.39 is 5.60 Å². The Bertz CT molecular complexity index is 666. The summed E-state index contributed by atoms with van der Waals surface area (Å²) in [7, 11) is 2.00. The zero-order valence-electron chi connectivity index (χ0n) is 22.7. The first-order valence-corrected chi connectivity index (χ1v) is 14.1. The van der Waals surface area contributed by atoms with E-state index in [1.165, 1.54) is 51.4 Å². The van der Waals surface area contributed by atoms with Crippen LogP contribution in [0.1, 0.15) is 119 Å². The number of hydrogen-bond acceptors (Lipinski definition) is 2. The van der Waals surface area contributed by atoms with Crippen molar-refractivity contribution in [3.63, 3.8) is 0 Å². The maximum absolute atomic E-state index is 11.1. The van der Waals surface area contributed by atoms with Crippen molar-refractivity contribution in [2.75, 3.05) is 7.11 Å². The van der Waals surface area contributed by atoms with Gasteiger partial charge in [-0.05, 0) is 122 Å². The molecular weight excluding hydrogens is 392 g/mol. The van der Waals surface area contributed by atoms with E-state index in [1.54, 1.807) is 0 Å². The summed E-state index contributed by atoms with van der Waals surface area (Å²) in [4.78, 5) is 0. The van der Waals surface area contributed by atoms with E-state index in [4.69, 9.17) is 4.74 Å². The zero-order valence-corrected chi connectivity index (χ0v) is 22.7. The molecule has 0 amide bonds. The van der Waals surface area contributed by atoms with Crippen LogP contribution in [0.5, 0.6) is 0 Å². The predicted octanol–water partition coefficient (Wildman–Crippen LogP) is 7.87. The average Bonchev–Trinajstić information content (AvgIpc) is 3.08. The molecule has 0 aromatic rings. The molecule has 0 unspecified atom stereocenters. The fraction of sp³-hybridized carbons (Fsp3) is 1.00. The Morgan fingerprint density at radius 2 is 1.72 bits per heavy atom. The van der Waals surface area contributed by atoms with Crippen LogP contribution in [-0.4, -0.2) is 23.9 Å². The summed E-state index contributed by atoms with van der Waals surface area (Å²) < 4.78 is 6.41. The molecule has 0 aromatic heterocycles. The molecule has 0 heterocycles. The number of rotatable bonds is 5. The third-order valence-electron chi connectivity index (χ3n) is 11.8. The van der Waals surface area contributed by atoms with E-state index in [0.29, 0.717) is 34.2 Å². The first kappa shape index (κ1) is 25.0. The minimum absolute atomic E-state index is 0.349. The molecule has 0 spiro atoms. The molecule has 2 nitrogen and oxygen atoms in total. The number of hydrogen-bond donors (Lipinski definition) is 1. The molecule has 0 aromatic carbocycles. The van der Waals surface area contributed by atoms with Crippen molar-refractivity contribution in [3.8, 4) is 0 Å². The third-order valence-corrected chi connectivity index (χ3v) is 11.8. The molecule has 0 bridgehead atoms. The summed E-state index contributed by atoms with van der Waals surface area (Å²) in [5.74, 6) is 4.75. The lowest BCUT2D eigenvalue weighted by atomic mass is 9.42. The molecule has 4 aliphatic carbocycles. The molecule has 186 valence electrons. The highest BCUT2D eigenvalue weighted by Crippen LogP contribution is 2.69. The van der Waals surface area contributed by atoms with E-state index >= 15 is 0 Å². The minimum atomic E-state index is -0.413. The lowest BCUT2D eigenvalue weighted by molar-refractivity contribution is -0.199. The van der Waals surface area contributed by atoms with Crippen LogP contribution < -0.4 is 0 Å². The molecule has 4 fully saturated rings. The topological polar surface area (TPSA) is 29.5 Å². The standard InChI is InChI=1S/C30H54O2/c1-9-30(31)17-16-28(6)21(18-30)10-11-22-24-13-12-23(20(2)14-15-27(3,4)5)29(24,7)19-25(32-8)26(22)28/h20-26,31H,9-19H2,1-8H3/t20-,21+,22+,23-,24+,25+,26-,28+,29-,30+/m1/s1. The quantitative estimate of drug-likeness (QED) is 0.465. The van der Waals surface area contributed by atoms with Crippen LogP contribution in [0.15, 0.2) is 0 Å². The van der Waals surface area contributed by atoms with Crippen molar-refractivity contribution in [2.45, 2.75) is 131 Å². The number of methoxy groups -OCH3 is 1. The van der Waals surface area contributed by atoms with Gasteiger partial charge in [0.05, 0.1) is 11.7 Å². The normalized spacial score (nSPS) is 49.8. The molecule has 1 N–H and O–H groups in total. The van der Waals surface area contributed by atoms with Gasteiger partial charge in [0, 0.05) is 7.11 Å². The molecule has 32 heavy (non-hydrogen) atoms. The van der Waals surface area contributed by atoms with Crippen LogP contribution in [0, 0.1) is 51.8 Å². The Balaban J connectivity index is 1.57. The maximum Gasteiger partial charge on any atom is 0.0648 e. The highest BCUT2D eigenvalue weighted by atomic mass is 16.5. The van der Waals surface area contributed by atoms with E-state index in [9.17, 15) is 5.11 Å². The number of aliphatic hydroxyl groups is 1. The summed E-state index contributed by atoms with van der Waals surface area (Å²) in [6.07, 6.45) is 14.1. The Morgan fingerprint density at radius 1 is 1.00 bits per heavy atom. The lowest BCUT2D eigenvalue weighted by Crippen LogP contribution is -2.60. The second kappa shape index (κ2) is 8.54. The Labute approximate surface area is 199 Å². The van der Waals surface area contributed by atoms with Gasteiger partial charge in [0.25, 0.3) is 0 Å². The minimum Gasteiger partial charge on any atom is -0.390 e. The van der Waals surface area contributed by atoms with Crippen LogP contribution in [0.3, 0.4) is 0 Å². The molecule has 4 rings (SSSR count). The van der Waals surface area contributed by atoms with Crippen molar-refractivity contribution >= 4 is 0 Å². The highest BCUT2D eigenvalue weighted by molar-refractivity contribution is 5.13. The fourth-order valence-electron chi connectivity index (χ4n) is 9.79. The number of fused-ring (bicyclic) bond motifs is 5.